The predicted molar refractivity (Wildman–Crippen MR) is 133 cm³/mol. The van der Waals surface area contributed by atoms with Gasteiger partial charge in [-0.25, -0.2) is 13.8 Å². The highest BCUT2D eigenvalue weighted by atomic mass is 32.2. The highest BCUT2D eigenvalue weighted by molar-refractivity contribution is 7.92. The maximum absolute atomic E-state index is 12.8. The van der Waals surface area contributed by atoms with Crippen molar-refractivity contribution in [3.8, 4) is 11.5 Å². The third-order valence-corrected chi connectivity index (χ3v) is 6.23. The number of non-ortho nitro benzene ring substituents is 1. The summed E-state index contributed by atoms with van der Waals surface area (Å²) < 4.78 is 31.8. The zero-order chi connectivity index (χ0) is 25.6. The smallest absolute Gasteiger partial charge is 0.269 e. The molecule has 1 atom stereocenters. The van der Waals surface area contributed by atoms with Crippen molar-refractivity contribution >= 4 is 33.0 Å². The Morgan fingerprint density at radius 1 is 1.00 bits per heavy atom. The Labute approximate surface area is 203 Å². The number of para-hydroxylation sites is 1. The number of nitrogens with one attached hydrogen (secondary N) is 1. The van der Waals surface area contributed by atoms with Gasteiger partial charge < -0.3 is 4.74 Å². The number of ether oxygens (including phenoxy) is 1. The normalized spacial score (nSPS) is 12.5. The van der Waals surface area contributed by atoms with Crippen LogP contribution in [0, 0.1) is 10.1 Å². The predicted octanol–water partition coefficient (Wildman–Crippen LogP) is 4.08. The fraction of sp³-hybridized carbons (Fsp3) is 0.167. The van der Waals surface area contributed by atoms with Gasteiger partial charge in [-0.1, -0.05) is 18.2 Å². The lowest BCUT2D eigenvalue weighted by atomic mass is 10.1. The molecule has 0 aliphatic rings. The Kier molecular flexibility index (Phi) is 7.82. The van der Waals surface area contributed by atoms with Crippen LogP contribution < -0.4 is 14.5 Å². The van der Waals surface area contributed by atoms with E-state index < -0.39 is 26.9 Å². The number of amides is 1. The van der Waals surface area contributed by atoms with Gasteiger partial charge in [0, 0.05) is 12.1 Å². The van der Waals surface area contributed by atoms with Crippen molar-refractivity contribution in [2.75, 3.05) is 10.6 Å². The Morgan fingerprint density at radius 2 is 1.57 bits per heavy atom. The fourth-order valence-corrected chi connectivity index (χ4v) is 4.39. The SMILES string of the molecule is C/C(=N/NC(=O)[C@H](C)N(c1ccc(Oc2ccccc2)cc1)S(C)(=O)=O)c1ccc([N+](=O)[O-])cc1. The Hall–Kier alpha value is -4.25. The van der Waals surface area contributed by atoms with E-state index >= 15 is 0 Å². The van der Waals surface area contributed by atoms with Gasteiger partial charge in [0.15, 0.2) is 0 Å². The molecule has 1 amide bonds. The summed E-state index contributed by atoms with van der Waals surface area (Å²) in [4.78, 5) is 23.0. The first kappa shape index (κ1) is 25.4. The highest BCUT2D eigenvalue weighted by Crippen LogP contribution is 2.27. The Morgan fingerprint density at radius 3 is 2.11 bits per heavy atom. The molecular weight excluding hydrogens is 472 g/mol. The van der Waals surface area contributed by atoms with Crippen LogP contribution in [0.2, 0.25) is 0 Å². The number of hydrogen-bond donors (Lipinski definition) is 1. The number of sulfonamides is 1. The van der Waals surface area contributed by atoms with Crippen molar-refractivity contribution < 1.29 is 22.9 Å². The first-order valence-electron chi connectivity index (χ1n) is 10.5. The van der Waals surface area contributed by atoms with Gasteiger partial charge in [0.05, 0.1) is 22.6 Å². The van der Waals surface area contributed by atoms with Crippen LogP contribution in [0.25, 0.3) is 0 Å². The van der Waals surface area contributed by atoms with Crippen LogP contribution in [0.1, 0.15) is 19.4 Å². The van der Waals surface area contributed by atoms with Crippen LogP contribution in [-0.2, 0) is 14.8 Å². The molecule has 35 heavy (non-hydrogen) atoms. The quantitative estimate of drug-likeness (QED) is 0.270. The molecule has 0 saturated carbocycles. The Balaban J connectivity index is 1.74. The fourth-order valence-electron chi connectivity index (χ4n) is 3.22. The van der Waals surface area contributed by atoms with Crippen LogP contribution >= 0.6 is 0 Å². The number of carbonyl (C=O) groups is 1. The van der Waals surface area contributed by atoms with Crippen molar-refractivity contribution in [3.63, 3.8) is 0 Å². The second-order valence-electron chi connectivity index (χ2n) is 7.62. The molecule has 0 radical (unpaired) electrons. The van der Waals surface area contributed by atoms with Crippen LogP contribution in [0.15, 0.2) is 84.0 Å². The largest absolute Gasteiger partial charge is 0.457 e. The third-order valence-electron chi connectivity index (χ3n) is 4.99. The number of benzene rings is 3. The summed E-state index contributed by atoms with van der Waals surface area (Å²) in [6, 6.07) is 20.0. The van der Waals surface area contributed by atoms with Gasteiger partial charge in [-0.15, -0.1) is 0 Å². The minimum absolute atomic E-state index is 0.0665. The minimum atomic E-state index is -3.82. The van der Waals surface area contributed by atoms with E-state index in [0.717, 1.165) is 10.6 Å². The molecule has 0 fully saturated rings. The lowest BCUT2D eigenvalue weighted by Crippen LogP contribution is -2.46. The maximum atomic E-state index is 12.8. The second-order valence-corrected chi connectivity index (χ2v) is 9.48. The summed E-state index contributed by atoms with van der Waals surface area (Å²) in [5, 5.41) is 14.8. The molecule has 11 heteroatoms. The molecule has 0 bridgehead atoms. The number of nitro benzene ring substituents is 1. The number of nitrogens with zero attached hydrogens (tertiary/aromatic N) is 3. The van der Waals surface area contributed by atoms with Crippen LogP contribution in [0.4, 0.5) is 11.4 Å². The van der Waals surface area contributed by atoms with Crippen molar-refractivity contribution in [1.82, 2.24) is 5.43 Å². The number of hydrazone groups is 1. The summed E-state index contributed by atoms with van der Waals surface area (Å²) in [5.74, 6) is 0.490. The molecule has 3 rings (SSSR count). The molecule has 1 N–H and O–H groups in total. The summed E-state index contributed by atoms with van der Waals surface area (Å²) in [6.07, 6.45) is 1.01. The number of hydrogen-bond acceptors (Lipinski definition) is 7. The monoisotopic (exact) mass is 496 g/mol. The average molecular weight is 497 g/mol. The van der Waals surface area contributed by atoms with E-state index in [0.29, 0.717) is 22.8 Å². The summed E-state index contributed by atoms with van der Waals surface area (Å²) in [7, 11) is -3.82. The van der Waals surface area contributed by atoms with E-state index in [1.807, 2.05) is 18.2 Å². The van der Waals surface area contributed by atoms with E-state index in [9.17, 15) is 23.3 Å². The second kappa shape index (κ2) is 10.8. The van der Waals surface area contributed by atoms with Gasteiger partial charge in [-0.05, 0) is 67.9 Å². The van der Waals surface area contributed by atoms with Gasteiger partial charge in [0.2, 0.25) is 10.0 Å². The van der Waals surface area contributed by atoms with Gasteiger partial charge in [0.1, 0.15) is 17.5 Å². The van der Waals surface area contributed by atoms with Crippen molar-refractivity contribution in [2.45, 2.75) is 19.9 Å². The number of anilines is 1. The molecule has 3 aromatic carbocycles. The van der Waals surface area contributed by atoms with E-state index in [2.05, 4.69) is 10.5 Å². The molecule has 3 aromatic rings. The molecule has 0 spiro atoms. The number of nitro groups is 1. The molecule has 0 saturated heterocycles. The van der Waals surface area contributed by atoms with Crippen molar-refractivity contribution in [3.05, 3.63) is 94.5 Å². The van der Waals surface area contributed by atoms with E-state index in [1.54, 1.807) is 43.3 Å². The highest BCUT2D eigenvalue weighted by Gasteiger charge is 2.29. The number of carbonyl (C=O) groups excluding carboxylic acids is 1. The molecule has 182 valence electrons. The van der Waals surface area contributed by atoms with Gasteiger partial charge in [-0.3, -0.25) is 19.2 Å². The lowest BCUT2D eigenvalue weighted by molar-refractivity contribution is -0.384. The van der Waals surface area contributed by atoms with E-state index in [1.165, 1.54) is 31.2 Å². The van der Waals surface area contributed by atoms with Gasteiger partial charge in [0.25, 0.3) is 11.6 Å². The van der Waals surface area contributed by atoms with Gasteiger partial charge in [-0.2, -0.15) is 5.10 Å². The zero-order valence-corrected chi connectivity index (χ0v) is 20.1. The van der Waals surface area contributed by atoms with Crippen molar-refractivity contribution in [2.24, 2.45) is 5.10 Å². The average Bonchev–Trinajstić information content (AvgIpc) is 2.83. The summed E-state index contributed by atoms with van der Waals surface area (Å²) in [6.45, 7) is 3.06. The van der Waals surface area contributed by atoms with E-state index in [4.69, 9.17) is 4.74 Å². The summed E-state index contributed by atoms with van der Waals surface area (Å²) >= 11 is 0. The molecule has 0 aromatic heterocycles. The maximum Gasteiger partial charge on any atom is 0.269 e. The van der Waals surface area contributed by atoms with Crippen LogP contribution in [0.3, 0.4) is 0 Å². The van der Waals surface area contributed by atoms with Crippen LogP contribution in [-0.4, -0.2) is 37.3 Å². The summed E-state index contributed by atoms with van der Waals surface area (Å²) in [5.41, 5.74) is 3.55. The zero-order valence-electron chi connectivity index (χ0n) is 19.3. The molecular formula is C24H24N4O6S. The molecule has 0 unspecified atom stereocenters. The van der Waals surface area contributed by atoms with Crippen LogP contribution in [0.5, 0.6) is 11.5 Å². The molecule has 0 aliphatic heterocycles. The third kappa shape index (κ3) is 6.64. The van der Waals surface area contributed by atoms with Gasteiger partial charge >= 0.3 is 0 Å². The lowest BCUT2D eigenvalue weighted by Gasteiger charge is -2.27. The Bertz CT molecular complexity index is 1320. The van der Waals surface area contributed by atoms with E-state index in [-0.39, 0.29) is 11.4 Å². The van der Waals surface area contributed by atoms with Crippen molar-refractivity contribution in [1.29, 1.82) is 0 Å². The molecule has 10 nitrogen and oxygen atoms in total. The number of rotatable bonds is 9. The first-order valence-corrected chi connectivity index (χ1v) is 12.3. The molecule has 0 aliphatic carbocycles. The standard InChI is InChI=1S/C24H24N4O6S/c1-17(19-9-11-21(12-10-19)28(30)31)25-26-24(29)18(2)27(35(3,32)33)20-13-15-23(16-14-20)34-22-7-5-4-6-8-22/h4-16,18H,1-3H3,(H,26,29)/b25-17-/t18-/m0/s1. The topological polar surface area (TPSA) is 131 Å². The minimum Gasteiger partial charge on any atom is -0.457 e. The molecule has 0 heterocycles. The first-order chi connectivity index (χ1) is 16.6.